The molecule has 150 valence electrons. The average molecular weight is 426 g/mol. The highest BCUT2D eigenvalue weighted by atomic mass is 35.5. The Kier molecular flexibility index (Phi) is 6.88. The molecule has 0 saturated carbocycles. The van der Waals surface area contributed by atoms with Gasteiger partial charge in [-0.25, -0.2) is 0 Å². The minimum atomic E-state index is -0.655. The van der Waals surface area contributed by atoms with Crippen LogP contribution in [-0.2, 0) is 16.0 Å². The molecule has 2 aromatic rings. The molecule has 1 atom stereocenters. The molecular weight excluding hydrogens is 405 g/mol. The lowest BCUT2D eigenvalue weighted by atomic mass is 10.1. The third kappa shape index (κ3) is 4.82. The van der Waals surface area contributed by atoms with Crippen molar-refractivity contribution in [1.82, 2.24) is 4.90 Å². The summed E-state index contributed by atoms with van der Waals surface area (Å²) in [5.41, 5.74) is 1.04. The first kappa shape index (κ1) is 20.6. The van der Waals surface area contributed by atoms with Gasteiger partial charge in [-0.05, 0) is 42.3 Å². The monoisotopic (exact) mass is 425 g/mol. The van der Waals surface area contributed by atoms with Crippen LogP contribution in [-0.4, -0.2) is 51.0 Å². The van der Waals surface area contributed by atoms with Crippen LogP contribution in [0, 0.1) is 0 Å². The first-order chi connectivity index (χ1) is 13.5. The maximum absolute atomic E-state index is 12.5. The number of benzene rings is 2. The molecule has 0 bridgehead atoms. The number of rotatable bonds is 8. The maximum Gasteiger partial charge on any atom is 0.257 e. The summed E-state index contributed by atoms with van der Waals surface area (Å²) in [5, 5.41) is 0.912. The van der Waals surface area contributed by atoms with E-state index in [0.29, 0.717) is 40.3 Å². The molecule has 1 heterocycles. The number of hydrogen-bond donors (Lipinski definition) is 0. The second kappa shape index (κ2) is 9.37. The van der Waals surface area contributed by atoms with Crippen LogP contribution in [0.25, 0.3) is 0 Å². The van der Waals surface area contributed by atoms with Crippen LogP contribution in [0.3, 0.4) is 0 Å². The van der Waals surface area contributed by atoms with E-state index in [1.54, 1.807) is 37.3 Å². The molecule has 0 aromatic heterocycles. The maximum atomic E-state index is 12.5. The van der Waals surface area contributed by atoms with Gasteiger partial charge < -0.3 is 23.8 Å². The predicted octanol–water partition coefficient (Wildman–Crippen LogP) is 3.82. The smallest absolute Gasteiger partial charge is 0.257 e. The number of amides is 1. The summed E-state index contributed by atoms with van der Waals surface area (Å²) in [5.74, 6) is 1.69. The van der Waals surface area contributed by atoms with E-state index in [4.69, 9.17) is 42.1 Å². The summed E-state index contributed by atoms with van der Waals surface area (Å²) in [7, 11) is 3.19. The van der Waals surface area contributed by atoms with Gasteiger partial charge >= 0.3 is 0 Å². The molecule has 0 radical (unpaired) electrons. The second-order valence-electron chi connectivity index (χ2n) is 6.21. The van der Waals surface area contributed by atoms with Gasteiger partial charge in [-0.2, -0.15) is 0 Å². The van der Waals surface area contributed by atoms with Gasteiger partial charge in [-0.3, -0.25) is 4.79 Å². The fourth-order valence-electron chi connectivity index (χ4n) is 2.87. The van der Waals surface area contributed by atoms with Crippen LogP contribution < -0.4 is 14.2 Å². The lowest BCUT2D eigenvalue weighted by Gasteiger charge is -2.15. The summed E-state index contributed by atoms with van der Waals surface area (Å²) >= 11 is 11.9. The first-order valence-corrected chi connectivity index (χ1v) is 9.46. The highest BCUT2D eigenvalue weighted by Gasteiger charge is 2.33. The first-order valence-electron chi connectivity index (χ1n) is 8.71. The predicted molar refractivity (Wildman–Crippen MR) is 107 cm³/mol. The van der Waals surface area contributed by atoms with Crippen molar-refractivity contribution in [3.05, 3.63) is 52.0 Å². The molecule has 6 nitrogen and oxygen atoms in total. The van der Waals surface area contributed by atoms with Crippen LogP contribution in [0.15, 0.2) is 36.4 Å². The topological polar surface area (TPSA) is 57.2 Å². The van der Waals surface area contributed by atoms with Crippen molar-refractivity contribution in [3.8, 4) is 17.2 Å². The average Bonchev–Trinajstić information content (AvgIpc) is 3.05. The lowest BCUT2D eigenvalue weighted by molar-refractivity contribution is -0.130. The van der Waals surface area contributed by atoms with E-state index in [0.717, 1.165) is 5.56 Å². The van der Waals surface area contributed by atoms with Gasteiger partial charge in [0, 0.05) is 11.6 Å². The van der Waals surface area contributed by atoms with Crippen molar-refractivity contribution in [3.63, 3.8) is 0 Å². The van der Waals surface area contributed by atoms with E-state index >= 15 is 0 Å². The zero-order chi connectivity index (χ0) is 20.1. The Balaban J connectivity index is 1.52. The van der Waals surface area contributed by atoms with E-state index in [-0.39, 0.29) is 19.2 Å². The highest BCUT2D eigenvalue weighted by Crippen LogP contribution is 2.29. The largest absolute Gasteiger partial charge is 0.493 e. The van der Waals surface area contributed by atoms with Crippen LogP contribution in [0.4, 0.5) is 0 Å². The molecule has 0 N–H and O–H groups in total. The molecular formula is C20H21Cl2NO5. The van der Waals surface area contributed by atoms with Crippen molar-refractivity contribution >= 4 is 29.1 Å². The van der Waals surface area contributed by atoms with Crippen LogP contribution in [0.5, 0.6) is 17.2 Å². The van der Waals surface area contributed by atoms with Crippen LogP contribution in [0.1, 0.15) is 5.56 Å². The highest BCUT2D eigenvalue weighted by molar-refractivity contribution is 6.35. The Bertz CT molecular complexity index is 845. The summed E-state index contributed by atoms with van der Waals surface area (Å²) in [6, 6.07) is 10.6. The summed E-state index contributed by atoms with van der Waals surface area (Å²) in [4.78, 5) is 14.2. The fourth-order valence-corrected chi connectivity index (χ4v) is 3.33. The van der Waals surface area contributed by atoms with Gasteiger partial charge in [0.1, 0.15) is 19.1 Å². The molecule has 28 heavy (non-hydrogen) atoms. The van der Waals surface area contributed by atoms with Crippen molar-refractivity contribution in [2.24, 2.45) is 0 Å². The van der Waals surface area contributed by atoms with Gasteiger partial charge in [0.25, 0.3) is 5.91 Å². The zero-order valence-electron chi connectivity index (χ0n) is 15.6. The Morgan fingerprint density at radius 1 is 1.07 bits per heavy atom. The van der Waals surface area contributed by atoms with Crippen molar-refractivity contribution < 1.29 is 23.7 Å². The third-order valence-corrected chi connectivity index (χ3v) is 4.95. The standard InChI is InChI=1S/C20H21Cl2NO5/c1-25-17-5-3-13(9-18(17)26-2)7-8-23-12-28-19(20(23)24)11-27-16-6-4-14(21)10-15(16)22/h3-6,9-10,19H,7-8,11-12H2,1-2H3. The summed E-state index contributed by atoms with van der Waals surface area (Å²) < 4.78 is 21.7. The molecule has 1 amide bonds. The molecule has 0 aliphatic carbocycles. The second-order valence-corrected chi connectivity index (χ2v) is 7.05. The minimum Gasteiger partial charge on any atom is -0.493 e. The number of hydrogen-bond acceptors (Lipinski definition) is 5. The molecule has 1 unspecified atom stereocenters. The number of carbonyl (C=O) groups excluding carboxylic acids is 1. The van der Waals surface area contributed by atoms with E-state index in [9.17, 15) is 4.79 Å². The van der Waals surface area contributed by atoms with Gasteiger partial charge in [-0.15, -0.1) is 0 Å². The zero-order valence-corrected chi connectivity index (χ0v) is 17.1. The molecule has 2 aromatic carbocycles. The molecule has 1 aliphatic rings. The number of halogens is 2. The molecule has 8 heteroatoms. The molecule has 0 spiro atoms. The third-order valence-electron chi connectivity index (χ3n) is 4.42. The molecule has 1 aliphatic heterocycles. The van der Waals surface area contributed by atoms with Gasteiger partial charge in [0.15, 0.2) is 17.6 Å². The Morgan fingerprint density at radius 3 is 2.54 bits per heavy atom. The van der Waals surface area contributed by atoms with Crippen LogP contribution >= 0.6 is 23.2 Å². The Morgan fingerprint density at radius 2 is 1.82 bits per heavy atom. The summed E-state index contributed by atoms with van der Waals surface area (Å²) in [6.07, 6.45) is 0.0172. The van der Waals surface area contributed by atoms with E-state index < -0.39 is 6.10 Å². The van der Waals surface area contributed by atoms with E-state index in [1.807, 2.05) is 18.2 Å². The quantitative estimate of drug-likeness (QED) is 0.643. The molecule has 1 saturated heterocycles. The number of methoxy groups -OCH3 is 2. The Hall–Kier alpha value is -2.15. The van der Waals surface area contributed by atoms with Crippen molar-refractivity contribution in [2.45, 2.75) is 12.5 Å². The number of nitrogens with zero attached hydrogens (tertiary/aromatic N) is 1. The van der Waals surface area contributed by atoms with Crippen molar-refractivity contribution in [2.75, 3.05) is 34.1 Å². The van der Waals surface area contributed by atoms with Crippen molar-refractivity contribution in [1.29, 1.82) is 0 Å². The molecule has 1 fully saturated rings. The number of carbonyl (C=O) groups is 1. The van der Waals surface area contributed by atoms with Gasteiger partial charge in [0.05, 0.1) is 19.2 Å². The van der Waals surface area contributed by atoms with Gasteiger partial charge in [-0.1, -0.05) is 29.3 Å². The Labute approximate surface area is 173 Å². The SMILES string of the molecule is COc1ccc(CCN2COC(COc3ccc(Cl)cc3Cl)C2=O)cc1OC. The lowest BCUT2D eigenvalue weighted by Crippen LogP contribution is -2.34. The fraction of sp³-hybridized carbons (Fsp3) is 0.350. The van der Waals surface area contributed by atoms with Gasteiger partial charge in [0.2, 0.25) is 0 Å². The van der Waals surface area contributed by atoms with E-state index in [2.05, 4.69) is 0 Å². The van der Waals surface area contributed by atoms with Crippen LogP contribution in [0.2, 0.25) is 10.0 Å². The molecule has 3 rings (SSSR count). The summed E-state index contributed by atoms with van der Waals surface area (Å²) in [6.45, 7) is 0.855. The number of ether oxygens (including phenoxy) is 4. The minimum absolute atomic E-state index is 0.0903. The normalized spacial score (nSPS) is 16.4. The van der Waals surface area contributed by atoms with E-state index in [1.165, 1.54) is 0 Å².